The normalized spacial score (nSPS) is 29.6. The number of hydrogen-bond donors (Lipinski definition) is 0. The molecule has 1 aromatic rings. The summed E-state index contributed by atoms with van der Waals surface area (Å²) in [5.74, 6) is 2.24. The van der Waals surface area contributed by atoms with Crippen molar-refractivity contribution in [3.05, 3.63) is 11.4 Å². The summed E-state index contributed by atoms with van der Waals surface area (Å²) >= 11 is 0. The highest BCUT2D eigenvalue weighted by molar-refractivity contribution is 5.79. The highest BCUT2D eigenvalue weighted by Gasteiger charge is 2.39. The van der Waals surface area contributed by atoms with E-state index in [2.05, 4.69) is 15.2 Å². The first-order valence-corrected chi connectivity index (χ1v) is 7.88. The van der Waals surface area contributed by atoms with Gasteiger partial charge in [0.1, 0.15) is 0 Å². The van der Waals surface area contributed by atoms with Gasteiger partial charge >= 0.3 is 0 Å². The molecule has 3 aliphatic rings. The number of carbonyl (C=O) groups is 1. The van der Waals surface area contributed by atoms with E-state index in [0.29, 0.717) is 5.91 Å². The maximum atomic E-state index is 12.7. The second kappa shape index (κ2) is 4.57. The molecule has 0 bridgehead atoms. The lowest BCUT2D eigenvalue weighted by Crippen LogP contribution is -2.37. The summed E-state index contributed by atoms with van der Waals surface area (Å²) < 4.78 is 1.84. The van der Waals surface area contributed by atoms with E-state index in [1.54, 1.807) is 0 Å². The Morgan fingerprint density at radius 1 is 1.20 bits per heavy atom. The van der Waals surface area contributed by atoms with Crippen molar-refractivity contribution in [2.45, 2.75) is 38.5 Å². The van der Waals surface area contributed by atoms with Crippen molar-refractivity contribution in [3.8, 4) is 0 Å². The Kier molecular flexibility index (Phi) is 2.82. The molecule has 0 N–H and O–H groups in total. The average Bonchev–Trinajstić information content (AvgIpc) is 3.09. The quantitative estimate of drug-likeness (QED) is 0.813. The fraction of sp³-hybridized carbons (Fsp3) is 0.800. The molecule has 108 valence electrons. The number of carbonyl (C=O) groups excluding carboxylic acids is 1. The summed E-state index contributed by atoms with van der Waals surface area (Å²) in [5.41, 5.74) is 2.25. The third-order valence-electron chi connectivity index (χ3n) is 5.37. The van der Waals surface area contributed by atoms with Crippen LogP contribution in [0.4, 0.5) is 0 Å². The zero-order valence-corrected chi connectivity index (χ0v) is 12.1. The molecule has 2 fully saturated rings. The van der Waals surface area contributed by atoms with Gasteiger partial charge in [-0.3, -0.25) is 9.48 Å². The number of nitrogens with zero attached hydrogens (tertiary/aromatic N) is 4. The van der Waals surface area contributed by atoms with Crippen LogP contribution in [0.25, 0.3) is 0 Å². The lowest BCUT2D eigenvalue weighted by Gasteiger charge is -2.26. The number of aryl methyl sites for hydroxylation is 2. The summed E-state index contributed by atoms with van der Waals surface area (Å²) in [6, 6.07) is 0. The van der Waals surface area contributed by atoms with Crippen molar-refractivity contribution in [1.29, 1.82) is 0 Å². The molecule has 1 amide bonds. The van der Waals surface area contributed by atoms with Gasteiger partial charge in [0.25, 0.3) is 0 Å². The van der Waals surface area contributed by atoms with Crippen molar-refractivity contribution in [3.63, 3.8) is 0 Å². The van der Waals surface area contributed by atoms with Crippen LogP contribution in [0.2, 0.25) is 0 Å². The molecule has 2 aliphatic carbocycles. The van der Waals surface area contributed by atoms with Gasteiger partial charge in [0.15, 0.2) is 0 Å². The Morgan fingerprint density at radius 3 is 2.85 bits per heavy atom. The Morgan fingerprint density at radius 2 is 2.05 bits per heavy atom. The molecular weight excluding hydrogens is 252 g/mol. The van der Waals surface area contributed by atoms with Gasteiger partial charge in [0.2, 0.25) is 5.91 Å². The fourth-order valence-electron chi connectivity index (χ4n) is 3.92. The first-order chi connectivity index (χ1) is 9.72. The van der Waals surface area contributed by atoms with Crippen LogP contribution in [0.3, 0.4) is 0 Å². The lowest BCUT2D eigenvalue weighted by atomic mass is 9.88. The van der Waals surface area contributed by atoms with Crippen LogP contribution in [0.15, 0.2) is 0 Å². The smallest absolute Gasteiger partial charge is 0.226 e. The van der Waals surface area contributed by atoms with Gasteiger partial charge in [-0.2, -0.15) is 0 Å². The van der Waals surface area contributed by atoms with Crippen LogP contribution < -0.4 is 0 Å². The molecule has 1 saturated carbocycles. The van der Waals surface area contributed by atoms with Crippen molar-refractivity contribution < 1.29 is 4.79 Å². The van der Waals surface area contributed by atoms with Gasteiger partial charge in [-0.1, -0.05) is 5.21 Å². The van der Waals surface area contributed by atoms with E-state index in [-0.39, 0.29) is 5.92 Å². The third-order valence-corrected chi connectivity index (χ3v) is 5.37. The predicted molar refractivity (Wildman–Crippen MR) is 73.9 cm³/mol. The number of fused-ring (bicyclic) bond motifs is 1. The van der Waals surface area contributed by atoms with E-state index in [4.69, 9.17) is 0 Å². The molecule has 0 spiro atoms. The first kappa shape index (κ1) is 12.4. The second-order valence-electron chi connectivity index (χ2n) is 6.72. The maximum absolute atomic E-state index is 12.7. The molecule has 1 aromatic heterocycles. The van der Waals surface area contributed by atoms with Crippen LogP contribution >= 0.6 is 0 Å². The van der Waals surface area contributed by atoms with Crippen molar-refractivity contribution in [2.75, 3.05) is 13.1 Å². The summed E-state index contributed by atoms with van der Waals surface area (Å²) in [6.45, 7) is 1.99. The summed E-state index contributed by atoms with van der Waals surface area (Å²) in [7, 11) is 1.93. The second-order valence-corrected chi connectivity index (χ2v) is 6.72. The minimum Gasteiger partial charge on any atom is -0.342 e. The monoisotopic (exact) mass is 274 g/mol. The molecule has 5 heteroatoms. The number of rotatable bonds is 2. The van der Waals surface area contributed by atoms with Crippen LogP contribution in [0, 0.1) is 17.8 Å². The lowest BCUT2D eigenvalue weighted by molar-refractivity contribution is -0.135. The minimum atomic E-state index is 0.151. The molecule has 1 saturated heterocycles. The van der Waals surface area contributed by atoms with Crippen LogP contribution in [0.1, 0.15) is 37.1 Å². The summed E-state index contributed by atoms with van der Waals surface area (Å²) in [6.07, 6.45) is 6.67. The molecule has 2 atom stereocenters. The topological polar surface area (TPSA) is 51.0 Å². The first-order valence-electron chi connectivity index (χ1n) is 7.88. The Hall–Kier alpha value is -1.39. The molecule has 4 rings (SSSR count). The van der Waals surface area contributed by atoms with E-state index in [1.807, 2.05) is 11.7 Å². The van der Waals surface area contributed by atoms with Gasteiger partial charge in [0, 0.05) is 32.5 Å². The van der Waals surface area contributed by atoms with E-state index >= 15 is 0 Å². The van der Waals surface area contributed by atoms with Gasteiger partial charge < -0.3 is 4.90 Å². The molecule has 2 heterocycles. The predicted octanol–water partition coefficient (Wildman–Crippen LogP) is 1.18. The SMILES string of the molecule is Cn1nnc2c1CC(C(=O)N1CCC(C3CC3)C1)CC2. The van der Waals surface area contributed by atoms with E-state index in [9.17, 15) is 4.79 Å². The molecule has 20 heavy (non-hydrogen) atoms. The van der Waals surface area contributed by atoms with Crippen molar-refractivity contribution in [2.24, 2.45) is 24.8 Å². The van der Waals surface area contributed by atoms with E-state index in [1.165, 1.54) is 19.3 Å². The van der Waals surface area contributed by atoms with Crippen LogP contribution in [0.5, 0.6) is 0 Å². The number of likely N-dealkylation sites (tertiary alicyclic amines) is 1. The van der Waals surface area contributed by atoms with Gasteiger partial charge in [-0.25, -0.2) is 0 Å². The highest BCUT2D eigenvalue weighted by Crippen LogP contribution is 2.41. The molecular formula is C15H22N4O. The van der Waals surface area contributed by atoms with Crippen molar-refractivity contribution in [1.82, 2.24) is 19.9 Å². The van der Waals surface area contributed by atoms with E-state index < -0.39 is 0 Å². The molecule has 2 unspecified atom stereocenters. The van der Waals surface area contributed by atoms with Gasteiger partial charge in [0.05, 0.1) is 11.4 Å². The Labute approximate surface area is 119 Å². The molecule has 5 nitrogen and oxygen atoms in total. The van der Waals surface area contributed by atoms with Crippen LogP contribution in [-0.4, -0.2) is 38.9 Å². The summed E-state index contributed by atoms with van der Waals surface area (Å²) in [4.78, 5) is 14.8. The minimum absolute atomic E-state index is 0.151. The molecule has 1 aliphatic heterocycles. The van der Waals surface area contributed by atoms with Gasteiger partial charge in [-0.05, 0) is 43.9 Å². The Balaban J connectivity index is 1.43. The molecule has 0 aromatic carbocycles. The van der Waals surface area contributed by atoms with Crippen molar-refractivity contribution >= 4 is 5.91 Å². The number of amides is 1. The van der Waals surface area contributed by atoms with Crippen LogP contribution in [-0.2, 0) is 24.7 Å². The Bertz CT molecular complexity index is 534. The largest absolute Gasteiger partial charge is 0.342 e. The zero-order chi connectivity index (χ0) is 13.7. The average molecular weight is 274 g/mol. The standard InChI is InChI=1S/C15H22N4O/c1-18-14-8-11(4-5-13(14)16-17-18)15(20)19-7-6-12(9-19)10-2-3-10/h10-12H,2-9H2,1H3. The highest BCUT2D eigenvalue weighted by atomic mass is 16.2. The number of aromatic nitrogens is 3. The zero-order valence-electron chi connectivity index (χ0n) is 12.1. The van der Waals surface area contributed by atoms with E-state index in [0.717, 1.165) is 55.6 Å². The molecule has 0 radical (unpaired) electrons. The third kappa shape index (κ3) is 2.03. The number of hydrogen-bond acceptors (Lipinski definition) is 3. The summed E-state index contributed by atoms with van der Waals surface area (Å²) in [5, 5.41) is 8.25. The maximum Gasteiger partial charge on any atom is 0.226 e. The fourth-order valence-corrected chi connectivity index (χ4v) is 3.92. The van der Waals surface area contributed by atoms with Gasteiger partial charge in [-0.15, -0.1) is 5.10 Å².